The molecule has 0 bridgehead atoms. The van der Waals surface area contributed by atoms with E-state index < -0.39 is 0 Å². The minimum Gasteiger partial charge on any atom is -0.493 e. The van der Waals surface area contributed by atoms with Crippen molar-refractivity contribution < 1.29 is 18.6 Å². The summed E-state index contributed by atoms with van der Waals surface area (Å²) in [5.41, 5.74) is 2.01. The molecule has 0 saturated carbocycles. The summed E-state index contributed by atoms with van der Waals surface area (Å²) in [4.78, 5) is 6.74. The molecule has 2 rings (SSSR count). The molecule has 0 atom stereocenters. The maximum atomic E-state index is 13.1. The Balaban J connectivity index is 2.11. The SMILES string of the molecule is CCNC(=NCCc1ccc(OC)c(OC)c1OC)N(C)Cc1ccc(F)cc1. The van der Waals surface area contributed by atoms with Crippen LogP contribution in [0.15, 0.2) is 41.4 Å². The van der Waals surface area contributed by atoms with Gasteiger partial charge in [0.05, 0.1) is 21.3 Å². The van der Waals surface area contributed by atoms with Crippen LogP contribution in [0.1, 0.15) is 18.1 Å². The summed E-state index contributed by atoms with van der Waals surface area (Å²) in [6.07, 6.45) is 0.683. The van der Waals surface area contributed by atoms with Gasteiger partial charge in [-0.1, -0.05) is 18.2 Å². The smallest absolute Gasteiger partial charge is 0.203 e. The fraction of sp³-hybridized carbons (Fsp3) is 0.409. The Bertz CT molecular complexity index is 810. The molecule has 7 heteroatoms. The highest BCUT2D eigenvalue weighted by Gasteiger charge is 2.15. The summed E-state index contributed by atoms with van der Waals surface area (Å²) in [7, 11) is 6.77. The van der Waals surface area contributed by atoms with E-state index in [1.807, 2.05) is 31.0 Å². The molecule has 6 nitrogen and oxygen atoms in total. The van der Waals surface area contributed by atoms with E-state index in [0.29, 0.717) is 36.8 Å². The number of nitrogens with one attached hydrogen (secondary N) is 1. The van der Waals surface area contributed by atoms with Crippen LogP contribution >= 0.6 is 0 Å². The number of halogens is 1. The number of hydrogen-bond donors (Lipinski definition) is 1. The summed E-state index contributed by atoms with van der Waals surface area (Å²) in [5.74, 6) is 2.42. The normalized spacial score (nSPS) is 11.2. The van der Waals surface area contributed by atoms with Crippen LogP contribution in [0.25, 0.3) is 0 Å². The fourth-order valence-electron chi connectivity index (χ4n) is 3.05. The first-order valence-electron chi connectivity index (χ1n) is 9.55. The van der Waals surface area contributed by atoms with E-state index in [4.69, 9.17) is 19.2 Å². The molecule has 0 aliphatic rings. The van der Waals surface area contributed by atoms with Crippen molar-refractivity contribution in [1.29, 1.82) is 0 Å². The van der Waals surface area contributed by atoms with Crippen molar-refractivity contribution in [2.45, 2.75) is 19.9 Å². The highest BCUT2D eigenvalue weighted by Crippen LogP contribution is 2.39. The van der Waals surface area contributed by atoms with Crippen molar-refractivity contribution in [3.8, 4) is 17.2 Å². The molecule has 0 fully saturated rings. The van der Waals surface area contributed by atoms with E-state index in [1.54, 1.807) is 33.5 Å². The first-order chi connectivity index (χ1) is 14.0. The zero-order valence-corrected chi connectivity index (χ0v) is 17.8. The molecule has 0 radical (unpaired) electrons. The third-order valence-electron chi connectivity index (χ3n) is 4.46. The van der Waals surface area contributed by atoms with Gasteiger partial charge in [-0.25, -0.2) is 4.39 Å². The Morgan fingerprint density at radius 2 is 1.69 bits per heavy atom. The predicted molar refractivity (Wildman–Crippen MR) is 114 cm³/mol. The van der Waals surface area contributed by atoms with Crippen LogP contribution < -0.4 is 19.5 Å². The van der Waals surface area contributed by atoms with Gasteiger partial charge in [0.2, 0.25) is 5.75 Å². The van der Waals surface area contributed by atoms with Crippen LogP contribution in [0.3, 0.4) is 0 Å². The lowest BCUT2D eigenvalue weighted by atomic mass is 10.1. The van der Waals surface area contributed by atoms with Gasteiger partial charge >= 0.3 is 0 Å². The van der Waals surface area contributed by atoms with Gasteiger partial charge in [-0.3, -0.25) is 4.99 Å². The highest BCUT2D eigenvalue weighted by molar-refractivity contribution is 5.79. The van der Waals surface area contributed by atoms with Crippen LogP contribution in [-0.4, -0.2) is 52.3 Å². The van der Waals surface area contributed by atoms with Crippen LogP contribution in [0, 0.1) is 5.82 Å². The van der Waals surface area contributed by atoms with Crippen LogP contribution in [-0.2, 0) is 13.0 Å². The zero-order valence-electron chi connectivity index (χ0n) is 17.8. The molecule has 0 aliphatic heterocycles. The van der Waals surface area contributed by atoms with E-state index >= 15 is 0 Å². The van der Waals surface area contributed by atoms with Gasteiger partial charge in [-0.05, 0) is 37.1 Å². The number of nitrogens with zero attached hydrogens (tertiary/aromatic N) is 2. The molecule has 0 amide bonds. The zero-order chi connectivity index (χ0) is 21.2. The highest BCUT2D eigenvalue weighted by atomic mass is 19.1. The third-order valence-corrected chi connectivity index (χ3v) is 4.46. The summed E-state index contributed by atoms with van der Waals surface area (Å²) < 4.78 is 29.4. The van der Waals surface area contributed by atoms with Gasteiger partial charge in [0, 0.05) is 32.2 Å². The quantitative estimate of drug-likeness (QED) is 0.513. The van der Waals surface area contributed by atoms with E-state index in [0.717, 1.165) is 23.6 Å². The van der Waals surface area contributed by atoms with Crippen LogP contribution in [0.2, 0.25) is 0 Å². The minimum atomic E-state index is -0.235. The molecule has 0 aromatic heterocycles. The second-order valence-corrected chi connectivity index (χ2v) is 6.46. The Morgan fingerprint density at radius 1 is 1.00 bits per heavy atom. The molecular weight excluding hydrogens is 373 g/mol. The second kappa shape index (κ2) is 11.1. The first kappa shape index (κ1) is 22.3. The van der Waals surface area contributed by atoms with Gasteiger partial charge in [-0.2, -0.15) is 0 Å². The van der Waals surface area contributed by atoms with Crippen molar-refractivity contribution in [3.63, 3.8) is 0 Å². The molecule has 0 saturated heterocycles. The van der Waals surface area contributed by atoms with Crippen LogP contribution in [0.5, 0.6) is 17.2 Å². The Labute approximate surface area is 172 Å². The number of benzene rings is 2. The largest absolute Gasteiger partial charge is 0.493 e. The number of methoxy groups -OCH3 is 3. The number of hydrogen-bond acceptors (Lipinski definition) is 4. The lowest BCUT2D eigenvalue weighted by Gasteiger charge is -2.22. The van der Waals surface area contributed by atoms with Crippen LogP contribution in [0.4, 0.5) is 4.39 Å². The lowest BCUT2D eigenvalue weighted by Crippen LogP contribution is -2.38. The standard InChI is InChI=1S/C22H30FN3O3/c1-6-24-22(26(2)15-16-7-10-18(23)11-8-16)25-14-13-17-9-12-19(27-3)21(29-5)20(17)28-4/h7-12H,6,13-15H2,1-5H3,(H,24,25). The average Bonchev–Trinajstić information content (AvgIpc) is 2.73. The molecule has 158 valence electrons. The molecular formula is C22H30FN3O3. The molecule has 0 aliphatic carbocycles. The third kappa shape index (κ3) is 6.01. The number of guanidine groups is 1. The number of ether oxygens (including phenoxy) is 3. The van der Waals surface area contributed by atoms with Crippen molar-refractivity contribution in [3.05, 3.63) is 53.3 Å². The van der Waals surface area contributed by atoms with E-state index in [2.05, 4.69) is 5.32 Å². The number of rotatable bonds is 9. The molecule has 0 heterocycles. The summed E-state index contributed by atoms with van der Waals surface area (Å²) in [5, 5.41) is 3.30. The summed E-state index contributed by atoms with van der Waals surface area (Å²) in [6.45, 7) is 3.98. The molecule has 2 aromatic rings. The van der Waals surface area contributed by atoms with Gasteiger partial charge in [-0.15, -0.1) is 0 Å². The van der Waals surface area contributed by atoms with E-state index in [9.17, 15) is 4.39 Å². The molecule has 2 aromatic carbocycles. The second-order valence-electron chi connectivity index (χ2n) is 6.46. The molecule has 1 N–H and O–H groups in total. The van der Waals surface area contributed by atoms with E-state index in [1.165, 1.54) is 12.1 Å². The molecule has 0 spiro atoms. The maximum Gasteiger partial charge on any atom is 0.203 e. The van der Waals surface area contributed by atoms with Crippen molar-refractivity contribution in [2.24, 2.45) is 4.99 Å². The van der Waals surface area contributed by atoms with Gasteiger partial charge in [0.25, 0.3) is 0 Å². The van der Waals surface area contributed by atoms with Crippen molar-refractivity contribution >= 4 is 5.96 Å². The predicted octanol–water partition coefficient (Wildman–Crippen LogP) is 3.49. The fourth-order valence-corrected chi connectivity index (χ4v) is 3.05. The first-order valence-corrected chi connectivity index (χ1v) is 9.55. The topological polar surface area (TPSA) is 55.3 Å². The molecule has 29 heavy (non-hydrogen) atoms. The lowest BCUT2D eigenvalue weighted by molar-refractivity contribution is 0.322. The number of aliphatic imine (C=N–C) groups is 1. The Morgan fingerprint density at radius 3 is 2.28 bits per heavy atom. The monoisotopic (exact) mass is 403 g/mol. The van der Waals surface area contributed by atoms with E-state index in [-0.39, 0.29) is 5.82 Å². The minimum absolute atomic E-state index is 0.235. The van der Waals surface area contributed by atoms with Crippen molar-refractivity contribution in [2.75, 3.05) is 41.5 Å². The maximum absolute atomic E-state index is 13.1. The Hall–Kier alpha value is -2.96. The Kier molecular flexibility index (Phi) is 8.58. The summed E-state index contributed by atoms with van der Waals surface area (Å²) in [6, 6.07) is 10.3. The average molecular weight is 403 g/mol. The summed E-state index contributed by atoms with van der Waals surface area (Å²) >= 11 is 0. The van der Waals surface area contributed by atoms with Gasteiger partial charge < -0.3 is 24.4 Å². The molecule has 0 unspecified atom stereocenters. The van der Waals surface area contributed by atoms with Gasteiger partial charge in [0.1, 0.15) is 5.82 Å². The van der Waals surface area contributed by atoms with Crippen molar-refractivity contribution in [1.82, 2.24) is 10.2 Å². The van der Waals surface area contributed by atoms with Gasteiger partial charge in [0.15, 0.2) is 17.5 Å².